The Morgan fingerprint density at radius 1 is 1.32 bits per heavy atom. The van der Waals surface area contributed by atoms with E-state index < -0.39 is 0 Å². The van der Waals surface area contributed by atoms with Crippen molar-refractivity contribution in [1.82, 2.24) is 24.6 Å². The minimum Gasteiger partial charge on any atom is -0.342 e. The largest absolute Gasteiger partial charge is 0.342 e. The highest BCUT2D eigenvalue weighted by molar-refractivity contribution is 5.93. The normalized spacial score (nSPS) is 18.2. The summed E-state index contributed by atoms with van der Waals surface area (Å²) < 4.78 is 1.83. The Labute approximate surface area is 146 Å². The first-order valence-corrected chi connectivity index (χ1v) is 8.90. The molecule has 1 fully saturated rings. The number of piperidine rings is 1. The molecule has 3 aromatic rings. The molecule has 0 bridgehead atoms. The van der Waals surface area contributed by atoms with Crippen molar-refractivity contribution in [2.45, 2.75) is 38.6 Å². The molecular formula is C19H23N5O. The number of likely N-dealkylation sites (tertiary alicyclic amines) is 1. The van der Waals surface area contributed by atoms with Crippen molar-refractivity contribution in [2.24, 2.45) is 0 Å². The lowest BCUT2D eigenvalue weighted by molar-refractivity contribution is 0.0705. The van der Waals surface area contributed by atoms with E-state index in [1.807, 2.05) is 40.0 Å². The maximum Gasteiger partial charge on any atom is 0.257 e. The molecule has 3 heterocycles. The third-order valence-electron chi connectivity index (χ3n) is 4.88. The van der Waals surface area contributed by atoms with Gasteiger partial charge in [0.2, 0.25) is 0 Å². The first-order chi connectivity index (χ1) is 12.1. The number of imidazole rings is 1. The number of fused-ring (bicyclic) bond motifs is 1. The third-order valence-corrected chi connectivity index (χ3v) is 4.88. The van der Waals surface area contributed by atoms with Gasteiger partial charge < -0.3 is 9.88 Å². The Hall–Kier alpha value is -2.63. The summed E-state index contributed by atoms with van der Waals surface area (Å²) in [5, 5.41) is 4.29. The van der Waals surface area contributed by atoms with Gasteiger partial charge in [-0.25, -0.2) is 4.98 Å². The zero-order chi connectivity index (χ0) is 17.4. The van der Waals surface area contributed by atoms with Crippen LogP contribution in [0.2, 0.25) is 0 Å². The smallest absolute Gasteiger partial charge is 0.257 e. The molecular weight excluding hydrogens is 314 g/mol. The number of para-hydroxylation sites is 2. The van der Waals surface area contributed by atoms with Crippen LogP contribution < -0.4 is 0 Å². The van der Waals surface area contributed by atoms with Crippen LogP contribution in [0.25, 0.3) is 11.0 Å². The zero-order valence-electron chi connectivity index (χ0n) is 14.6. The van der Waals surface area contributed by atoms with E-state index in [0.717, 1.165) is 36.2 Å². The van der Waals surface area contributed by atoms with Crippen LogP contribution in [0.15, 0.2) is 36.7 Å². The van der Waals surface area contributed by atoms with E-state index in [1.54, 1.807) is 6.20 Å². The molecule has 2 aromatic heterocycles. The van der Waals surface area contributed by atoms with Gasteiger partial charge in [-0.05, 0) is 38.8 Å². The van der Waals surface area contributed by atoms with Crippen molar-refractivity contribution < 1.29 is 4.79 Å². The lowest BCUT2D eigenvalue weighted by Gasteiger charge is -2.31. The fourth-order valence-corrected chi connectivity index (χ4v) is 3.46. The Balaban J connectivity index is 1.52. The van der Waals surface area contributed by atoms with Crippen LogP contribution in [-0.4, -0.2) is 43.6 Å². The van der Waals surface area contributed by atoms with E-state index in [4.69, 9.17) is 4.98 Å². The van der Waals surface area contributed by atoms with Crippen molar-refractivity contribution in [1.29, 1.82) is 0 Å². The summed E-state index contributed by atoms with van der Waals surface area (Å²) in [6.07, 6.45) is 5.56. The fourth-order valence-electron chi connectivity index (χ4n) is 3.46. The van der Waals surface area contributed by atoms with Gasteiger partial charge in [0.25, 0.3) is 5.91 Å². The molecule has 1 aromatic carbocycles. The summed E-state index contributed by atoms with van der Waals surface area (Å²) in [5.74, 6) is 1.30. The number of carbonyl (C=O) groups excluding carboxylic acids is 1. The van der Waals surface area contributed by atoms with Gasteiger partial charge in [0.1, 0.15) is 5.82 Å². The van der Waals surface area contributed by atoms with Crippen LogP contribution >= 0.6 is 0 Å². The first-order valence-electron chi connectivity index (χ1n) is 8.90. The van der Waals surface area contributed by atoms with E-state index in [2.05, 4.69) is 23.9 Å². The van der Waals surface area contributed by atoms with Crippen LogP contribution in [0.3, 0.4) is 0 Å². The molecule has 1 N–H and O–H groups in total. The number of rotatable bonds is 3. The average Bonchev–Trinajstić information content (AvgIpc) is 3.28. The van der Waals surface area contributed by atoms with Gasteiger partial charge in [0.15, 0.2) is 0 Å². The molecule has 25 heavy (non-hydrogen) atoms. The number of amides is 1. The van der Waals surface area contributed by atoms with E-state index in [-0.39, 0.29) is 17.9 Å². The van der Waals surface area contributed by atoms with Gasteiger partial charge in [-0.3, -0.25) is 9.48 Å². The van der Waals surface area contributed by atoms with Crippen molar-refractivity contribution in [3.05, 3.63) is 48.0 Å². The van der Waals surface area contributed by atoms with Gasteiger partial charge in [-0.1, -0.05) is 12.1 Å². The summed E-state index contributed by atoms with van der Waals surface area (Å²) in [4.78, 5) is 22.9. The molecule has 6 heteroatoms. The molecule has 1 amide bonds. The number of H-pyrrole nitrogens is 1. The Kier molecular flexibility index (Phi) is 4.03. The summed E-state index contributed by atoms with van der Waals surface area (Å²) in [5.41, 5.74) is 2.71. The number of nitrogens with one attached hydrogen (secondary N) is 1. The number of nitrogens with zero attached hydrogens (tertiary/aromatic N) is 4. The van der Waals surface area contributed by atoms with E-state index >= 15 is 0 Å². The predicted molar refractivity (Wildman–Crippen MR) is 96.6 cm³/mol. The Bertz CT molecular complexity index is 861. The number of hydrogen-bond acceptors (Lipinski definition) is 3. The summed E-state index contributed by atoms with van der Waals surface area (Å²) in [6, 6.07) is 8.31. The van der Waals surface area contributed by atoms with Crippen LogP contribution in [-0.2, 0) is 0 Å². The first kappa shape index (κ1) is 15.9. The number of benzene rings is 1. The lowest BCUT2D eigenvalue weighted by atomic mass is 9.97. The number of aromatic amines is 1. The lowest BCUT2D eigenvalue weighted by Crippen LogP contribution is -2.39. The topological polar surface area (TPSA) is 66.8 Å². The molecule has 4 rings (SSSR count). The summed E-state index contributed by atoms with van der Waals surface area (Å²) in [7, 11) is 0. The minimum absolute atomic E-state index is 0.0627. The standard InChI is InChI=1S/C19H23N5O/c1-13(2)24-12-15(10-20-24)19(25)23-9-5-6-14(11-23)18-21-16-7-3-4-8-17(16)22-18/h3-4,7-8,10,12-14H,5-6,9,11H2,1-2H3,(H,21,22). The van der Waals surface area contributed by atoms with Gasteiger partial charge in [0, 0.05) is 31.2 Å². The minimum atomic E-state index is 0.0627. The van der Waals surface area contributed by atoms with E-state index in [9.17, 15) is 4.79 Å². The molecule has 6 nitrogen and oxygen atoms in total. The summed E-state index contributed by atoms with van der Waals surface area (Å²) >= 11 is 0. The highest BCUT2D eigenvalue weighted by Gasteiger charge is 2.28. The molecule has 0 radical (unpaired) electrons. The van der Waals surface area contributed by atoms with Crippen molar-refractivity contribution in [3.63, 3.8) is 0 Å². The predicted octanol–water partition coefficient (Wildman–Crippen LogP) is 3.36. The second-order valence-electron chi connectivity index (χ2n) is 7.03. The second-order valence-corrected chi connectivity index (χ2v) is 7.03. The van der Waals surface area contributed by atoms with Gasteiger partial charge >= 0.3 is 0 Å². The highest BCUT2D eigenvalue weighted by atomic mass is 16.2. The van der Waals surface area contributed by atoms with Crippen molar-refractivity contribution in [3.8, 4) is 0 Å². The maximum atomic E-state index is 12.8. The zero-order valence-corrected chi connectivity index (χ0v) is 14.6. The molecule has 1 atom stereocenters. The number of carbonyl (C=O) groups is 1. The van der Waals surface area contributed by atoms with Gasteiger partial charge in [0.05, 0.1) is 22.8 Å². The molecule has 0 saturated carbocycles. The van der Waals surface area contributed by atoms with Gasteiger partial charge in [-0.15, -0.1) is 0 Å². The molecule has 1 aliphatic rings. The third kappa shape index (κ3) is 3.04. The quantitative estimate of drug-likeness (QED) is 0.797. The summed E-state index contributed by atoms with van der Waals surface area (Å²) in [6.45, 7) is 5.60. The van der Waals surface area contributed by atoms with Crippen LogP contribution in [0.5, 0.6) is 0 Å². The highest BCUT2D eigenvalue weighted by Crippen LogP contribution is 2.27. The van der Waals surface area contributed by atoms with E-state index in [1.165, 1.54) is 0 Å². The van der Waals surface area contributed by atoms with Gasteiger partial charge in [-0.2, -0.15) is 5.10 Å². The van der Waals surface area contributed by atoms with Crippen LogP contribution in [0, 0.1) is 0 Å². The van der Waals surface area contributed by atoms with E-state index in [0.29, 0.717) is 12.1 Å². The molecule has 0 spiro atoms. The number of aromatic nitrogens is 4. The molecule has 1 saturated heterocycles. The second kappa shape index (κ2) is 6.35. The molecule has 1 unspecified atom stereocenters. The Morgan fingerprint density at radius 2 is 2.16 bits per heavy atom. The monoisotopic (exact) mass is 337 g/mol. The SMILES string of the molecule is CC(C)n1cc(C(=O)N2CCCC(c3nc4ccccc4[nH]3)C2)cn1. The maximum absolute atomic E-state index is 12.8. The van der Waals surface area contributed by atoms with Crippen LogP contribution in [0.1, 0.15) is 54.8 Å². The van der Waals surface area contributed by atoms with Crippen molar-refractivity contribution >= 4 is 16.9 Å². The van der Waals surface area contributed by atoms with Crippen molar-refractivity contribution in [2.75, 3.05) is 13.1 Å². The molecule has 130 valence electrons. The Morgan fingerprint density at radius 3 is 2.92 bits per heavy atom. The van der Waals surface area contributed by atoms with Crippen LogP contribution in [0.4, 0.5) is 0 Å². The average molecular weight is 337 g/mol. The fraction of sp³-hybridized carbons (Fsp3) is 0.421. The molecule has 0 aliphatic carbocycles. The molecule has 1 aliphatic heterocycles. The number of hydrogen-bond donors (Lipinski definition) is 1.